The minimum Gasteiger partial charge on any atom is -0.349 e. The van der Waals surface area contributed by atoms with Crippen LogP contribution in [0.5, 0.6) is 0 Å². The van der Waals surface area contributed by atoms with Crippen LogP contribution in [0.25, 0.3) is 0 Å². The predicted octanol–water partition coefficient (Wildman–Crippen LogP) is 3.20. The van der Waals surface area contributed by atoms with Crippen molar-refractivity contribution in [3.8, 4) is 0 Å². The Hall–Kier alpha value is -0.870. The Morgan fingerprint density at radius 1 is 1.47 bits per heavy atom. The van der Waals surface area contributed by atoms with Gasteiger partial charge in [0.05, 0.1) is 6.04 Å². The molecule has 0 spiro atoms. The minimum absolute atomic E-state index is 0.0717. The van der Waals surface area contributed by atoms with Crippen molar-refractivity contribution in [2.75, 3.05) is 0 Å². The van der Waals surface area contributed by atoms with Crippen LogP contribution in [0, 0.1) is 13.8 Å². The number of carbonyl (C=O) groups excluding carboxylic acids is 1. The Morgan fingerprint density at radius 2 is 2.11 bits per heavy atom. The molecule has 1 aliphatic rings. The standard InChI is InChI=1S/C15H24N2OS/c1-10-8-13(12(3)19-10)11(2)17-14(18)9-15(16)6-4-5-7-15/h8,11H,4-7,9,16H2,1-3H3,(H,17,18). The van der Waals surface area contributed by atoms with E-state index >= 15 is 0 Å². The molecule has 0 bridgehead atoms. The van der Waals surface area contributed by atoms with Gasteiger partial charge in [-0.2, -0.15) is 0 Å². The second kappa shape index (κ2) is 5.63. The monoisotopic (exact) mass is 280 g/mol. The van der Waals surface area contributed by atoms with E-state index in [-0.39, 0.29) is 17.5 Å². The number of nitrogens with one attached hydrogen (secondary N) is 1. The third-order valence-corrected chi connectivity index (χ3v) is 5.02. The Labute approximate surface area is 119 Å². The van der Waals surface area contributed by atoms with E-state index in [0.29, 0.717) is 6.42 Å². The number of aryl methyl sites for hydroxylation is 2. The second-order valence-electron chi connectivity index (χ2n) is 5.90. The number of hydrogen-bond acceptors (Lipinski definition) is 3. The quantitative estimate of drug-likeness (QED) is 0.890. The van der Waals surface area contributed by atoms with Gasteiger partial charge in [0, 0.05) is 21.7 Å². The number of rotatable bonds is 4. The molecule has 0 aromatic carbocycles. The zero-order chi connectivity index (χ0) is 14.0. The molecular weight excluding hydrogens is 256 g/mol. The summed E-state index contributed by atoms with van der Waals surface area (Å²) in [5, 5.41) is 3.09. The largest absolute Gasteiger partial charge is 0.349 e. The van der Waals surface area contributed by atoms with Crippen molar-refractivity contribution in [1.82, 2.24) is 5.32 Å². The maximum absolute atomic E-state index is 12.1. The average Bonchev–Trinajstić information content (AvgIpc) is 2.84. The van der Waals surface area contributed by atoms with Gasteiger partial charge in [0.15, 0.2) is 0 Å². The number of amides is 1. The Balaban J connectivity index is 1.93. The maximum Gasteiger partial charge on any atom is 0.222 e. The highest BCUT2D eigenvalue weighted by molar-refractivity contribution is 7.12. The van der Waals surface area contributed by atoms with Crippen LogP contribution in [0.4, 0.5) is 0 Å². The van der Waals surface area contributed by atoms with Crippen LogP contribution < -0.4 is 11.1 Å². The summed E-state index contributed by atoms with van der Waals surface area (Å²) in [6.45, 7) is 6.25. The fraction of sp³-hybridized carbons (Fsp3) is 0.667. The smallest absolute Gasteiger partial charge is 0.222 e. The molecule has 1 heterocycles. The van der Waals surface area contributed by atoms with Crippen molar-refractivity contribution in [3.05, 3.63) is 21.4 Å². The summed E-state index contributed by atoms with van der Waals surface area (Å²) in [4.78, 5) is 14.7. The highest BCUT2D eigenvalue weighted by Crippen LogP contribution is 2.31. The van der Waals surface area contributed by atoms with Crippen LogP contribution in [0.3, 0.4) is 0 Å². The van der Waals surface area contributed by atoms with Crippen molar-refractivity contribution in [1.29, 1.82) is 0 Å². The molecule has 2 rings (SSSR count). The Morgan fingerprint density at radius 3 is 2.63 bits per heavy atom. The third kappa shape index (κ3) is 3.57. The third-order valence-electron chi connectivity index (χ3n) is 4.04. The molecule has 1 saturated carbocycles. The van der Waals surface area contributed by atoms with E-state index in [9.17, 15) is 4.79 Å². The van der Waals surface area contributed by atoms with Crippen LogP contribution in [0.1, 0.15) is 60.4 Å². The molecule has 0 aliphatic heterocycles. The average molecular weight is 280 g/mol. The Bertz CT molecular complexity index is 461. The summed E-state index contributed by atoms with van der Waals surface area (Å²) in [7, 11) is 0. The molecule has 1 amide bonds. The van der Waals surface area contributed by atoms with Crippen LogP contribution in [-0.4, -0.2) is 11.4 Å². The Kier molecular flexibility index (Phi) is 4.31. The molecule has 1 aliphatic carbocycles. The maximum atomic E-state index is 12.1. The zero-order valence-corrected chi connectivity index (χ0v) is 12.9. The molecule has 106 valence electrons. The van der Waals surface area contributed by atoms with Gasteiger partial charge < -0.3 is 11.1 Å². The first-order valence-electron chi connectivity index (χ1n) is 7.05. The van der Waals surface area contributed by atoms with E-state index in [0.717, 1.165) is 25.7 Å². The van der Waals surface area contributed by atoms with Crippen molar-refractivity contribution in [2.45, 2.75) is 64.5 Å². The minimum atomic E-state index is -0.261. The number of hydrogen-bond donors (Lipinski definition) is 2. The van der Waals surface area contributed by atoms with E-state index in [2.05, 4.69) is 25.2 Å². The molecular formula is C15H24N2OS. The summed E-state index contributed by atoms with van der Waals surface area (Å²) in [5.74, 6) is 0.0835. The molecule has 1 unspecified atom stereocenters. The fourth-order valence-corrected chi connectivity index (χ4v) is 4.05. The fourth-order valence-electron chi connectivity index (χ4n) is 3.03. The zero-order valence-electron chi connectivity index (χ0n) is 12.1. The molecule has 0 saturated heterocycles. The highest BCUT2D eigenvalue weighted by Gasteiger charge is 2.32. The summed E-state index contributed by atoms with van der Waals surface area (Å²) < 4.78 is 0. The van der Waals surface area contributed by atoms with Crippen LogP contribution in [-0.2, 0) is 4.79 Å². The van der Waals surface area contributed by atoms with Crippen molar-refractivity contribution < 1.29 is 4.79 Å². The molecule has 1 aromatic rings. The second-order valence-corrected chi connectivity index (χ2v) is 7.36. The lowest BCUT2D eigenvalue weighted by molar-refractivity contribution is -0.122. The van der Waals surface area contributed by atoms with Gasteiger partial charge in [0.2, 0.25) is 5.91 Å². The lowest BCUT2D eigenvalue weighted by atomic mass is 9.94. The lowest BCUT2D eigenvalue weighted by Gasteiger charge is -2.24. The van der Waals surface area contributed by atoms with Gasteiger partial charge in [0.25, 0.3) is 0 Å². The molecule has 1 atom stereocenters. The molecule has 4 heteroatoms. The number of thiophene rings is 1. The molecule has 3 N–H and O–H groups in total. The van der Waals surface area contributed by atoms with Crippen LogP contribution in [0.15, 0.2) is 6.07 Å². The lowest BCUT2D eigenvalue weighted by Crippen LogP contribution is -2.42. The summed E-state index contributed by atoms with van der Waals surface area (Å²) >= 11 is 1.78. The van der Waals surface area contributed by atoms with Gasteiger partial charge in [-0.15, -0.1) is 11.3 Å². The van der Waals surface area contributed by atoms with Crippen molar-refractivity contribution in [2.24, 2.45) is 5.73 Å². The van der Waals surface area contributed by atoms with E-state index in [1.165, 1.54) is 15.3 Å². The van der Waals surface area contributed by atoms with Crippen molar-refractivity contribution in [3.63, 3.8) is 0 Å². The van der Waals surface area contributed by atoms with E-state index in [4.69, 9.17) is 5.73 Å². The number of carbonyl (C=O) groups is 1. The first-order valence-corrected chi connectivity index (χ1v) is 7.86. The van der Waals surface area contributed by atoms with Crippen LogP contribution >= 0.6 is 11.3 Å². The van der Waals surface area contributed by atoms with Gasteiger partial charge in [-0.3, -0.25) is 4.79 Å². The SMILES string of the molecule is Cc1cc(C(C)NC(=O)CC2(N)CCCC2)c(C)s1. The van der Waals surface area contributed by atoms with E-state index < -0.39 is 0 Å². The number of nitrogens with two attached hydrogens (primary N) is 1. The predicted molar refractivity (Wildman–Crippen MR) is 80.4 cm³/mol. The van der Waals surface area contributed by atoms with Crippen LogP contribution in [0.2, 0.25) is 0 Å². The first kappa shape index (κ1) is 14.5. The van der Waals surface area contributed by atoms with E-state index in [1.54, 1.807) is 11.3 Å². The van der Waals surface area contributed by atoms with E-state index in [1.807, 2.05) is 6.92 Å². The molecule has 3 nitrogen and oxygen atoms in total. The topological polar surface area (TPSA) is 55.1 Å². The van der Waals surface area contributed by atoms with Crippen molar-refractivity contribution >= 4 is 17.2 Å². The van der Waals surface area contributed by atoms with Gasteiger partial charge in [-0.05, 0) is 45.2 Å². The molecule has 0 radical (unpaired) electrons. The van der Waals surface area contributed by atoms with Gasteiger partial charge in [-0.1, -0.05) is 12.8 Å². The van der Waals surface area contributed by atoms with Gasteiger partial charge in [0.1, 0.15) is 0 Å². The summed E-state index contributed by atoms with van der Waals surface area (Å²) in [6, 6.07) is 2.24. The highest BCUT2D eigenvalue weighted by atomic mass is 32.1. The summed E-state index contributed by atoms with van der Waals surface area (Å²) in [5.41, 5.74) is 7.22. The summed E-state index contributed by atoms with van der Waals surface area (Å²) in [6.07, 6.45) is 4.72. The molecule has 1 fully saturated rings. The normalized spacial score (nSPS) is 19.4. The van der Waals surface area contributed by atoms with Gasteiger partial charge >= 0.3 is 0 Å². The first-order chi connectivity index (χ1) is 8.89. The molecule has 19 heavy (non-hydrogen) atoms. The van der Waals surface area contributed by atoms with Gasteiger partial charge in [-0.25, -0.2) is 0 Å². The molecule has 1 aromatic heterocycles.